The van der Waals surface area contributed by atoms with Crippen LogP contribution in [0, 0.1) is 13.8 Å². The van der Waals surface area contributed by atoms with E-state index >= 15 is 0 Å². The quantitative estimate of drug-likeness (QED) is 0.290. The summed E-state index contributed by atoms with van der Waals surface area (Å²) in [7, 11) is 0. The van der Waals surface area contributed by atoms with Gasteiger partial charge in [-0.25, -0.2) is 4.68 Å². The molecule has 0 spiro atoms. The Kier molecular flexibility index (Phi) is 4.72. The fourth-order valence-electron chi connectivity index (χ4n) is 3.94. The van der Waals surface area contributed by atoms with Gasteiger partial charge in [-0.15, -0.1) is 5.10 Å². The van der Waals surface area contributed by atoms with Crippen molar-refractivity contribution in [3.05, 3.63) is 101 Å². The van der Waals surface area contributed by atoms with E-state index in [1.54, 1.807) is 0 Å². The van der Waals surface area contributed by atoms with Crippen LogP contribution in [0.5, 0.6) is 0 Å². The van der Waals surface area contributed by atoms with Gasteiger partial charge in [-0.2, -0.15) is 0 Å². The SMILES string of the molecule is Cc1ccccc1-c1ccc(-c2cc(Br)cc(-n3nnc4ccccc43)c2)cc1C. The van der Waals surface area contributed by atoms with Crippen LogP contribution in [0.3, 0.4) is 0 Å². The van der Waals surface area contributed by atoms with Crippen molar-refractivity contribution >= 4 is 27.0 Å². The number of halogens is 1. The summed E-state index contributed by atoms with van der Waals surface area (Å²) in [5, 5.41) is 8.66. The van der Waals surface area contributed by atoms with Crippen molar-refractivity contribution in [2.75, 3.05) is 0 Å². The lowest BCUT2D eigenvalue weighted by atomic mass is 9.93. The summed E-state index contributed by atoms with van der Waals surface area (Å²) >= 11 is 3.68. The minimum Gasteiger partial charge on any atom is -0.213 e. The molecule has 4 aromatic carbocycles. The summed E-state index contributed by atoms with van der Waals surface area (Å²) in [5.41, 5.74) is 10.3. The molecule has 0 radical (unpaired) electrons. The van der Waals surface area contributed by atoms with Crippen LogP contribution in [-0.2, 0) is 0 Å². The fourth-order valence-corrected chi connectivity index (χ4v) is 4.42. The molecule has 5 rings (SSSR count). The number of aromatic nitrogens is 3. The lowest BCUT2D eigenvalue weighted by molar-refractivity contribution is 0.824. The fraction of sp³-hybridized carbons (Fsp3) is 0.0769. The molecule has 0 amide bonds. The lowest BCUT2D eigenvalue weighted by Crippen LogP contribution is -1.97. The van der Waals surface area contributed by atoms with Crippen LogP contribution in [0.4, 0.5) is 0 Å². The number of hydrogen-bond acceptors (Lipinski definition) is 2. The first-order chi connectivity index (χ1) is 14.6. The third-order valence-corrected chi connectivity index (χ3v) is 5.93. The largest absolute Gasteiger partial charge is 0.213 e. The second kappa shape index (κ2) is 7.54. The molecule has 0 aliphatic heterocycles. The zero-order chi connectivity index (χ0) is 20.7. The Morgan fingerprint density at radius 2 is 1.47 bits per heavy atom. The lowest BCUT2D eigenvalue weighted by Gasteiger charge is -2.13. The normalized spacial score (nSPS) is 11.2. The van der Waals surface area contributed by atoms with Gasteiger partial charge in [0, 0.05) is 4.47 Å². The van der Waals surface area contributed by atoms with Crippen molar-refractivity contribution in [3.8, 4) is 27.9 Å². The van der Waals surface area contributed by atoms with Gasteiger partial charge >= 0.3 is 0 Å². The molecule has 0 saturated heterocycles. The Bertz CT molecular complexity index is 1380. The molecule has 0 N–H and O–H groups in total. The van der Waals surface area contributed by atoms with Gasteiger partial charge in [0.05, 0.1) is 11.2 Å². The number of para-hydroxylation sites is 1. The minimum absolute atomic E-state index is 0.887. The number of fused-ring (bicyclic) bond motifs is 1. The van der Waals surface area contributed by atoms with Crippen LogP contribution in [0.25, 0.3) is 39.0 Å². The van der Waals surface area contributed by atoms with Crippen molar-refractivity contribution in [2.45, 2.75) is 13.8 Å². The standard InChI is InChI=1S/C26H20BrN3/c1-17-7-3-4-8-23(17)24-12-11-19(13-18(24)2)20-14-21(27)16-22(15-20)30-26-10-6-5-9-25(26)28-29-30/h3-16H,1-2H3. The molecule has 0 saturated carbocycles. The molecule has 1 aromatic heterocycles. The molecule has 1 heterocycles. The average Bonchev–Trinajstić information content (AvgIpc) is 3.18. The first-order valence-electron chi connectivity index (χ1n) is 9.88. The third kappa shape index (κ3) is 3.33. The highest BCUT2D eigenvalue weighted by Crippen LogP contribution is 2.33. The van der Waals surface area contributed by atoms with Gasteiger partial charge in [0.25, 0.3) is 0 Å². The summed E-state index contributed by atoms with van der Waals surface area (Å²) in [4.78, 5) is 0. The third-order valence-electron chi connectivity index (χ3n) is 5.47. The highest BCUT2D eigenvalue weighted by molar-refractivity contribution is 9.10. The van der Waals surface area contributed by atoms with Crippen molar-refractivity contribution in [3.63, 3.8) is 0 Å². The van der Waals surface area contributed by atoms with E-state index < -0.39 is 0 Å². The van der Waals surface area contributed by atoms with E-state index in [1.165, 1.54) is 27.8 Å². The first-order valence-corrected chi connectivity index (χ1v) is 10.7. The van der Waals surface area contributed by atoms with E-state index in [1.807, 2.05) is 28.9 Å². The number of nitrogens with zero attached hydrogens (tertiary/aromatic N) is 3. The maximum Gasteiger partial charge on any atom is 0.113 e. The molecule has 3 nitrogen and oxygen atoms in total. The van der Waals surface area contributed by atoms with Gasteiger partial charge in [-0.05, 0) is 77.6 Å². The van der Waals surface area contributed by atoms with E-state index in [9.17, 15) is 0 Å². The van der Waals surface area contributed by atoms with Crippen LogP contribution in [-0.4, -0.2) is 15.0 Å². The van der Waals surface area contributed by atoms with Crippen molar-refractivity contribution in [2.24, 2.45) is 0 Å². The predicted octanol–water partition coefficient (Wildman–Crippen LogP) is 7.13. The van der Waals surface area contributed by atoms with E-state index in [-0.39, 0.29) is 0 Å². The second-order valence-electron chi connectivity index (χ2n) is 7.53. The second-order valence-corrected chi connectivity index (χ2v) is 8.45. The maximum atomic E-state index is 4.37. The molecule has 146 valence electrons. The molecule has 0 bridgehead atoms. The van der Waals surface area contributed by atoms with E-state index in [0.717, 1.165) is 26.8 Å². The molecule has 4 heteroatoms. The Morgan fingerprint density at radius 1 is 0.700 bits per heavy atom. The number of hydrogen-bond donors (Lipinski definition) is 0. The van der Waals surface area contributed by atoms with Crippen LogP contribution in [0.15, 0.2) is 89.4 Å². The zero-order valence-corrected chi connectivity index (χ0v) is 18.4. The van der Waals surface area contributed by atoms with Gasteiger partial charge < -0.3 is 0 Å². The van der Waals surface area contributed by atoms with E-state index in [4.69, 9.17) is 0 Å². The Labute approximate surface area is 184 Å². The average molecular weight is 454 g/mol. The highest BCUT2D eigenvalue weighted by Gasteiger charge is 2.11. The topological polar surface area (TPSA) is 30.7 Å². The molecule has 0 aliphatic rings. The Morgan fingerprint density at radius 3 is 2.30 bits per heavy atom. The number of benzene rings is 4. The summed E-state index contributed by atoms with van der Waals surface area (Å²) in [6, 6.07) is 29.6. The highest BCUT2D eigenvalue weighted by atomic mass is 79.9. The first kappa shape index (κ1) is 18.8. The molecular formula is C26H20BrN3. The molecule has 0 unspecified atom stereocenters. The van der Waals surface area contributed by atoms with Crippen LogP contribution in [0.2, 0.25) is 0 Å². The molecule has 5 aromatic rings. The molecule has 30 heavy (non-hydrogen) atoms. The van der Waals surface area contributed by atoms with Crippen LogP contribution < -0.4 is 0 Å². The monoisotopic (exact) mass is 453 g/mol. The minimum atomic E-state index is 0.887. The smallest absolute Gasteiger partial charge is 0.113 e. The number of aryl methyl sites for hydroxylation is 2. The summed E-state index contributed by atoms with van der Waals surface area (Å²) < 4.78 is 2.90. The van der Waals surface area contributed by atoms with Crippen molar-refractivity contribution in [1.29, 1.82) is 0 Å². The Hall–Kier alpha value is -3.24. The summed E-state index contributed by atoms with van der Waals surface area (Å²) in [6.45, 7) is 4.33. The molecule has 0 fully saturated rings. The van der Waals surface area contributed by atoms with Gasteiger partial charge in [-0.3, -0.25) is 0 Å². The van der Waals surface area contributed by atoms with Crippen molar-refractivity contribution < 1.29 is 0 Å². The summed E-state index contributed by atoms with van der Waals surface area (Å²) in [5.74, 6) is 0. The maximum absolute atomic E-state index is 4.37. The van der Waals surface area contributed by atoms with Crippen LogP contribution >= 0.6 is 15.9 Å². The molecule has 0 aliphatic carbocycles. The van der Waals surface area contributed by atoms with Gasteiger partial charge in [0.2, 0.25) is 0 Å². The van der Waals surface area contributed by atoms with Crippen molar-refractivity contribution in [1.82, 2.24) is 15.0 Å². The zero-order valence-electron chi connectivity index (χ0n) is 16.8. The van der Waals surface area contributed by atoms with Gasteiger partial charge in [0.15, 0.2) is 0 Å². The molecule has 0 atom stereocenters. The molecular weight excluding hydrogens is 434 g/mol. The summed E-state index contributed by atoms with van der Waals surface area (Å²) in [6.07, 6.45) is 0. The van der Waals surface area contributed by atoms with E-state index in [2.05, 4.69) is 101 Å². The van der Waals surface area contributed by atoms with Gasteiger partial charge in [0.1, 0.15) is 5.52 Å². The Balaban J connectivity index is 1.60. The van der Waals surface area contributed by atoms with Gasteiger partial charge in [-0.1, -0.05) is 75.7 Å². The number of rotatable bonds is 3. The predicted molar refractivity (Wildman–Crippen MR) is 127 cm³/mol. The van der Waals surface area contributed by atoms with E-state index in [0.29, 0.717) is 0 Å². The van der Waals surface area contributed by atoms with Crippen LogP contribution in [0.1, 0.15) is 11.1 Å².